The van der Waals surface area contributed by atoms with Crippen LogP contribution >= 0.6 is 0 Å². The van der Waals surface area contributed by atoms with Crippen LogP contribution in [0.5, 0.6) is 0 Å². The van der Waals surface area contributed by atoms with E-state index in [4.69, 9.17) is 9.26 Å². The first-order valence-electron chi connectivity index (χ1n) is 8.34. The van der Waals surface area contributed by atoms with E-state index in [1.54, 1.807) is 12.3 Å². The summed E-state index contributed by atoms with van der Waals surface area (Å²) in [6, 6.07) is 1.91. The lowest BCUT2D eigenvalue weighted by Gasteiger charge is -2.05. The largest absolute Gasteiger partial charge is 0.494 e. The molecule has 1 heterocycles. The molecule has 0 aliphatic heterocycles. The van der Waals surface area contributed by atoms with Gasteiger partial charge in [-0.05, 0) is 44.8 Å². The van der Waals surface area contributed by atoms with Crippen LogP contribution in [0.1, 0.15) is 59.6 Å². The van der Waals surface area contributed by atoms with Crippen LogP contribution in [0.4, 0.5) is 0 Å². The van der Waals surface area contributed by atoms with Gasteiger partial charge < -0.3 is 9.26 Å². The van der Waals surface area contributed by atoms with Gasteiger partial charge in [-0.15, -0.1) is 0 Å². The predicted octanol–water partition coefficient (Wildman–Crippen LogP) is 6.10. The number of hydrogen-bond donors (Lipinski definition) is 0. The van der Waals surface area contributed by atoms with E-state index in [1.165, 1.54) is 0 Å². The topological polar surface area (TPSA) is 35.3 Å². The molecule has 0 unspecified atom stereocenters. The van der Waals surface area contributed by atoms with Crippen molar-refractivity contribution in [1.82, 2.24) is 5.16 Å². The predicted molar refractivity (Wildman–Crippen MR) is 95.8 cm³/mol. The van der Waals surface area contributed by atoms with Gasteiger partial charge in [0.2, 0.25) is 0 Å². The van der Waals surface area contributed by atoms with E-state index in [9.17, 15) is 0 Å². The lowest BCUT2D eigenvalue weighted by Crippen LogP contribution is -1.94. The second kappa shape index (κ2) is 19.2. The number of aryl methyl sites for hydroxylation is 1. The second-order valence-corrected chi connectivity index (χ2v) is 3.95. The van der Waals surface area contributed by atoms with Gasteiger partial charge in [-0.1, -0.05) is 51.6 Å². The van der Waals surface area contributed by atoms with Crippen molar-refractivity contribution in [3.63, 3.8) is 0 Å². The molecule has 0 saturated heterocycles. The summed E-state index contributed by atoms with van der Waals surface area (Å²) in [5.41, 5.74) is 1.02. The molecule has 0 fully saturated rings. The number of nitrogens with zero attached hydrogens (tertiary/aromatic N) is 1. The Morgan fingerprint density at radius 1 is 1.23 bits per heavy atom. The number of rotatable bonds is 9. The Balaban J connectivity index is 0. The van der Waals surface area contributed by atoms with Gasteiger partial charge in [0.05, 0.1) is 12.3 Å². The molecule has 0 aromatic carbocycles. The van der Waals surface area contributed by atoms with Gasteiger partial charge in [-0.3, -0.25) is 0 Å². The fourth-order valence-corrected chi connectivity index (χ4v) is 1.51. The van der Waals surface area contributed by atoms with Crippen molar-refractivity contribution in [3.05, 3.63) is 54.7 Å². The number of allylic oxidation sites excluding steroid dienone is 4. The molecule has 0 aliphatic carbocycles. The maximum Gasteiger partial charge on any atom is 0.124 e. The fourth-order valence-electron chi connectivity index (χ4n) is 1.51. The molecule has 0 N–H and O–H groups in total. The maximum atomic E-state index is 5.59. The highest BCUT2D eigenvalue weighted by Crippen LogP contribution is 2.06. The molecule has 3 nitrogen and oxygen atoms in total. The van der Waals surface area contributed by atoms with Gasteiger partial charge in [0.25, 0.3) is 0 Å². The second-order valence-electron chi connectivity index (χ2n) is 3.95. The Morgan fingerprint density at radius 2 is 1.95 bits per heavy atom. The molecule has 0 spiro atoms. The number of unbranched alkanes of at least 4 members (excludes halogenated alkanes) is 2. The van der Waals surface area contributed by atoms with E-state index in [0.29, 0.717) is 0 Å². The van der Waals surface area contributed by atoms with Gasteiger partial charge in [-0.25, -0.2) is 0 Å². The van der Waals surface area contributed by atoms with E-state index < -0.39 is 0 Å². The quantitative estimate of drug-likeness (QED) is 0.314. The molecule has 1 aromatic rings. The molecular weight excluding hydrogens is 274 g/mol. The zero-order valence-corrected chi connectivity index (χ0v) is 15.0. The maximum absolute atomic E-state index is 5.59. The summed E-state index contributed by atoms with van der Waals surface area (Å²) < 4.78 is 10.4. The first kappa shape index (κ1) is 22.5. The van der Waals surface area contributed by atoms with E-state index in [2.05, 4.69) is 11.7 Å². The van der Waals surface area contributed by atoms with Crippen molar-refractivity contribution in [2.24, 2.45) is 0 Å². The smallest absolute Gasteiger partial charge is 0.124 e. The van der Waals surface area contributed by atoms with Crippen molar-refractivity contribution in [2.75, 3.05) is 6.61 Å². The molecule has 0 atom stereocenters. The van der Waals surface area contributed by atoms with Crippen LogP contribution in [0.3, 0.4) is 0 Å². The van der Waals surface area contributed by atoms with Crippen LogP contribution in [0.15, 0.2) is 53.5 Å². The summed E-state index contributed by atoms with van der Waals surface area (Å²) >= 11 is 0. The van der Waals surface area contributed by atoms with Crippen molar-refractivity contribution in [1.29, 1.82) is 0 Å². The minimum Gasteiger partial charge on any atom is -0.494 e. The van der Waals surface area contributed by atoms with Crippen LogP contribution < -0.4 is 0 Å². The summed E-state index contributed by atoms with van der Waals surface area (Å²) in [5, 5.41) is 3.87. The fraction of sp³-hybridized carbons (Fsp3) is 0.526. The molecular formula is C19H33NO2. The van der Waals surface area contributed by atoms with Gasteiger partial charge >= 0.3 is 0 Å². The molecule has 0 amide bonds. The molecule has 0 radical (unpaired) electrons. The molecule has 1 rings (SSSR count). The SMILES string of the molecule is C=C/C(=C\C=C/C)OCCCCCc1ccon1.CC.CC. The Kier molecular flexibility index (Phi) is 19.7. The number of hydrogen-bond acceptors (Lipinski definition) is 3. The lowest BCUT2D eigenvalue weighted by molar-refractivity contribution is 0.217. The molecule has 0 bridgehead atoms. The third kappa shape index (κ3) is 13.2. The third-order valence-corrected chi connectivity index (χ3v) is 2.49. The van der Waals surface area contributed by atoms with Gasteiger partial charge in [-0.2, -0.15) is 0 Å². The molecule has 1 aromatic heterocycles. The van der Waals surface area contributed by atoms with Crippen LogP contribution in [0.25, 0.3) is 0 Å². The van der Waals surface area contributed by atoms with E-state index >= 15 is 0 Å². The van der Waals surface area contributed by atoms with E-state index in [0.717, 1.165) is 43.7 Å². The van der Waals surface area contributed by atoms with Gasteiger partial charge in [0.1, 0.15) is 12.0 Å². The average molecular weight is 307 g/mol. The van der Waals surface area contributed by atoms with E-state index in [-0.39, 0.29) is 0 Å². The number of aromatic nitrogens is 1. The Bertz CT molecular complexity index is 378. The summed E-state index contributed by atoms with van der Waals surface area (Å²) in [4.78, 5) is 0. The normalized spacial score (nSPS) is 10.3. The zero-order valence-electron chi connectivity index (χ0n) is 15.0. The third-order valence-electron chi connectivity index (χ3n) is 2.49. The minimum absolute atomic E-state index is 0.730. The van der Waals surface area contributed by atoms with Crippen molar-refractivity contribution >= 4 is 0 Å². The van der Waals surface area contributed by atoms with Crippen molar-refractivity contribution < 1.29 is 9.26 Å². The van der Waals surface area contributed by atoms with Gasteiger partial charge in [0.15, 0.2) is 0 Å². The standard InChI is InChI=1S/C15H21NO2.2C2H6/c1-3-5-10-15(4-2)17-12-8-6-7-9-14-11-13-18-16-14;2*1-2/h3-5,10-11,13H,2,6-9,12H2,1H3;2*1-2H3/b5-3-,15-10+;;. The summed E-state index contributed by atoms with van der Waals surface area (Å²) in [7, 11) is 0. The summed E-state index contributed by atoms with van der Waals surface area (Å²) in [6.07, 6.45) is 13.4. The van der Waals surface area contributed by atoms with Crippen LogP contribution in [-0.4, -0.2) is 11.8 Å². The first-order valence-corrected chi connectivity index (χ1v) is 8.34. The average Bonchev–Trinajstić information content (AvgIpc) is 3.10. The highest BCUT2D eigenvalue weighted by Gasteiger charge is 1.97. The van der Waals surface area contributed by atoms with Crippen LogP contribution in [0, 0.1) is 0 Å². The number of ether oxygens (including phenoxy) is 1. The van der Waals surface area contributed by atoms with Crippen molar-refractivity contribution in [2.45, 2.75) is 60.3 Å². The first-order chi connectivity index (χ1) is 10.9. The summed E-state index contributed by atoms with van der Waals surface area (Å²) in [6.45, 7) is 14.4. The highest BCUT2D eigenvalue weighted by atomic mass is 16.5. The molecule has 0 saturated carbocycles. The van der Waals surface area contributed by atoms with Crippen LogP contribution in [-0.2, 0) is 11.2 Å². The minimum atomic E-state index is 0.730. The zero-order chi connectivity index (χ0) is 17.1. The summed E-state index contributed by atoms with van der Waals surface area (Å²) in [5.74, 6) is 0.824. The van der Waals surface area contributed by atoms with Crippen LogP contribution in [0.2, 0.25) is 0 Å². The lowest BCUT2D eigenvalue weighted by atomic mass is 10.1. The van der Waals surface area contributed by atoms with Crippen molar-refractivity contribution in [3.8, 4) is 0 Å². The monoisotopic (exact) mass is 307 g/mol. The van der Waals surface area contributed by atoms with Gasteiger partial charge in [0, 0.05) is 6.07 Å². The molecule has 126 valence electrons. The molecule has 22 heavy (non-hydrogen) atoms. The highest BCUT2D eigenvalue weighted by molar-refractivity contribution is 5.15. The Labute approximate surface area is 136 Å². The van der Waals surface area contributed by atoms with E-state index in [1.807, 2.05) is 58.9 Å². The molecule has 3 heteroatoms. The Morgan fingerprint density at radius 3 is 2.50 bits per heavy atom. The Hall–Kier alpha value is -1.77. The molecule has 0 aliphatic rings.